The quantitative estimate of drug-likeness (QED) is 0.801. The van der Waals surface area contributed by atoms with Gasteiger partial charge in [0.1, 0.15) is 11.6 Å². The molecule has 0 bridgehead atoms. The number of nitrogens with zero attached hydrogens (tertiary/aromatic N) is 1. The number of likely N-dealkylation sites (N-methyl/N-ethyl adjacent to an activating group) is 2. The van der Waals surface area contributed by atoms with Crippen LogP contribution in [0.1, 0.15) is 5.56 Å². The van der Waals surface area contributed by atoms with Crippen molar-refractivity contribution < 1.29 is 8.78 Å². The van der Waals surface area contributed by atoms with Crippen LogP contribution in [0.5, 0.6) is 0 Å². The third kappa shape index (κ3) is 3.93. The van der Waals surface area contributed by atoms with Crippen molar-refractivity contribution in [3.8, 4) is 0 Å². The molecular weight excluding hydrogens is 198 g/mol. The van der Waals surface area contributed by atoms with Gasteiger partial charge in [-0.25, -0.2) is 8.78 Å². The van der Waals surface area contributed by atoms with E-state index >= 15 is 0 Å². The van der Waals surface area contributed by atoms with E-state index < -0.39 is 11.6 Å². The summed E-state index contributed by atoms with van der Waals surface area (Å²) in [5.74, 6) is -1.01. The number of halogens is 2. The Hall–Kier alpha value is -1.00. The van der Waals surface area contributed by atoms with Crippen molar-refractivity contribution in [3.05, 3.63) is 35.4 Å². The average molecular weight is 214 g/mol. The van der Waals surface area contributed by atoms with Crippen LogP contribution in [-0.4, -0.2) is 32.1 Å². The third-order valence-corrected chi connectivity index (χ3v) is 2.20. The van der Waals surface area contributed by atoms with Crippen molar-refractivity contribution in [1.82, 2.24) is 10.2 Å². The predicted octanol–water partition coefficient (Wildman–Crippen LogP) is 1.62. The van der Waals surface area contributed by atoms with Gasteiger partial charge in [-0.2, -0.15) is 0 Å². The van der Waals surface area contributed by atoms with Crippen molar-refractivity contribution in [2.75, 3.05) is 27.2 Å². The van der Waals surface area contributed by atoms with E-state index in [1.807, 2.05) is 19.0 Å². The van der Waals surface area contributed by atoms with Crippen LogP contribution in [0, 0.1) is 11.6 Å². The van der Waals surface area contributed by atoms with Gasteiger partial charge in [-0.15, -0.1) is 0 Å². The highest BCUT2D eigenvalue weighted by atomic mass is 19.1. The summed E-state index contributed by atoms with van der Waals surface area (Å²) in [5.41, 5.74) is 0.523. The molecule has 0 radical (unpaired) electrons. The molecule has 0 aromatic heterocycles. The number of hydrogen-bond acceptors (Lipinski definition) is 2. The van der Waals surface area contributed by atoms with E-state index in [1.165, 1.54) is 12.1 Å². The van der Waals surface area contributed by atoms with Crippen molar-refractivity contribution >= 4 is 0 Å². The van der Waals surface area contributed by atoms with E-state index in [1.54, 1.807) is 0 Å². The maximum Gasteiger partial charge on any atom is 0.130 e. The second kappa shape index (κ2) is 5.78. The van der Waals surface area contributed by atoms with Crippen LogP contribution in [0.4, 0.5) is 8.78 Å². The zero-order valence-corrected chi connectivity index (χ0v) is 9.06. The predicted molar refractivity (Wildman–Crippen MR) is 56.6 cm³/mol. The topological polar surface area (TPSA) is 15.3 Å². The average Bonchev–Trinajstić information content (AvgIpc) is 2.19. The molecule has 0 unspecified atom stereocenters. The maximum atomic E-state index is 13.3. The minimum absolute atomic E-state index is 0.480. The summed E-state index contributed by atoms with van der Waals surface area (Å²) in [6.45, 7) is 2.17. The normalized spacial score (nSPS) is 11.0. The zero-order chi connectivity index (χ0) is 11.3. The Morgan fingerprint density at radius 2 is 2.07 bits per heavy atom. The molecule has 1 rings (SSSR count). The van der Waals surface area contributed by atoms with Crippen LogP contribution >= 0.6 is 0 Å². The lowest BCUT2D eigenvalue weighted by Gasteiger charge is -2.16. The molecular formula is C11H16F2N2. The highest BCUT2D eigenvalue weighted by molar-refractivity contribution is 5.18. The molecule has 0 aliphatic rings. The summed E-state index contributed by atoms with van der Waals surface area (Å²) in [6, 6.07) is 3.69. The first-order valence-electron chi connectivity index (χ1n) is 4.90. The zero-order valence-electron chi connectivity index (χ0n) is 9.06. The van der Waals surface area contributed by atoms with Gasteiger partial charge in [0, 0.05) is 31.3 Å². The SMILES string of the molecule is CNCCN(C)Cc1ccc(F)cc1F. The van der Waals surface area contributed by atoms with E-state index in [0.717, 1.165) is 19.2 Å². The molecule has 84 valence electrons. The van der Waals surface area contributed by atoms with Gasteiger partial charge in [0.2, 0.25) is 0 Å². The summed E-state index contributed by atoms with van der Waals surface area (Å²) in [7, 11) is 3.77. The maximum absolute atomic E-state index is 13.3. The molecule has 4 heteroatoms. The van der Waals surface area contributed by atoms with Crippen molar-refractivity contribution in [2.45, 2.75) is 6.54 Å². The van der Waals surface area contributed by atoms with Crippen LogP contribution in [0.15, 0.2) is 18.2 Å². The second-order valence-electron chi connectivity index (χ2n) is 3.58. The summed E-state index contributed by atoms with van der Waals surface area (Å²) >= 11 is 0. The Kier molecular flexibility index (Phi) is 4.65. The number of hydrogen-bond donors (Lipinski definition) is 1. The van der Waals surface area contributed by atoms with Gasteiger partial charge in [-0.05, 0) is 20.2 Å². The van der Waals surface area contributed by atoms with Crippen LogP contribution in [-0.2, 0) is 6.54 Å². The highest BCUT2D eigenvalue weighted by Gasteiger charge is 2.06. The van der Waals surface area contributed by atoms with E-state index in [-0.39, 0.29) is 0 Å². The highest BCUT2D eigenvalue weighted by Crippen LogP contribution is 2.11. The summed E-state index contributed by atoms with van der Waals surface area (Å²) in [4.78, 5) is 1.98. The monoisotopic (exact) mass is 214 g/mol. The molecule has 15 heavy (non-hydrogen) atoms. The molecule has 2 nitrogen and oxygen atoms in total. The molecule has 0 atom stereocenters. The largest absolute Gasteiger partial charge is 0.318 e. The van der Waals surface area contributed by atoms with Gasteiger partial charge in [0.25, 0.3) is 0 Å². The van der Waals surface area contributed by atoms with Crippen LogP contribution in [0.3, 0.4) is 0 Å². The van der Waals surface area contributed by atoms with Crippen molar-refractivity contribution in [1.29, 1.82) is 0 Å². The lowest BCUT2D eigenvalue weighted by atomic mass is 10.2. The van der Waals surface area contributed by atoms with Gasteiger partial charge < -0.3 is 10.2 Å². The summed E-state index contributed by atoms with van der Waals surface area (Å²) < 4.78 is 25.9. The lowest BCUT2D eigenvalue weighted by molar-refractivity contribution is 0.322. The van der Waals surface area contributed by atoms with Gasteiger partial charge in [0.15, 0.2) is 0 Å². The van der Waals surface area contributed by atoms with Gasteiger partial charge >= 0.3 is 0 Å². The fourth-order valence-corrected chi connectivity index (χ4v) is 1.32. The van der Waals surface area contributed by atoms with E-state index in [9.17, 15) is 8.78 Å². The first kappa shape index (κ1) is 12.1. The Balaban J connectivity index is 2.56. The Bertz CT molecular complexity index is 315. The molecule has 1 N–H and O–H groups in total. The fraction of sp³-hybridized carbons (Fsp3) is 0.455. The molecule has 0 aliphatic carbocycles. The van der Waals surface area contributed by atoms with E-state index in [2.05, 4.69) is 5.32 Å². The van der Waals surface area contributed by atoms with Gasteiger partial charge in [-0.3, -0.25) is 0 Å². The Morgan fingerprint density at radius 1 is 1.33 bits per heavy atom. The molecule has 1 aromatic rings. The minimum Gasteiger partial charge on any atom is -0.318 e. The summed E-state index contributed by atoms with van der Waals surface area (Å²) in [6.07, 6.45) is 0. The first-order valence-corrected chi connectivity index (χ1v) is 4.90. The summed E-state index contributed by atoms with van der Waals surface area (Å²) in [5, 5.41) is 3.01. The molecule has 0 saturated carbocycles. The third-order valence-electron chi connectivity index (χ3n) is 2.20. The minimum atomic E-state index is -0.533. The van der Waals surface area contributed by atoms with Crippen LogP contribution < -0.4 is 5.32 Å². The molecule has 0 spiro atoms. The number of rotatable bonds is 5. The van der Waals surface area contributed by atoms with Crippen LogP contribution in [0.2, 0.25) is 0 Å². The molecule has 0 amide bonds. The molecule has 0 heterocycles. The first-order chi connectivity index (χ1) is 7.13. The second-order valence-corrected chi connectivity index (χ2v) is 3.58. The Morgan fingerprint density at radius 3 is 2.67 bits per heavy atom. The molecule has 0 aliphatic heterocycles. The molecule has 0 fully saturated rings. The number of nitrogens with one attached hydrogen (secondary N) is 1. The molecule has 1 aromatic carbocycles. The van der Waals surface area contributed by atoms with Gasteiger partial charge in [0.05, 0.1) is 0 Å². The van der Waals surface area contributed by atoms with E-state index in [4.69, 9.17) is 0 Å². The standard InChI is InChI=1S/C11H16F2N2/c1-14-5-6-15(2)8-9-3-4-10(12)7-11(9)13/h3-4,7,14H,5-6,8H2,1-2H3. The smallest absolute Gasteiger partial charge is 0.130 e. The fourth-order valence-electron chi connectivity index (χ4n) is 1.32. The van der Waals surface area contributed by atoms with Crippen molar-refractivity contribution in [2.24, 2.45) is 0 Å². The number of benzene rings is 1. The van der Waals surface area contributed by atoms with Crippen molar-refractivity contribution in [3.63, 3.8) is 0 Å². The van der Waals surface area contributed by atoms with Gasteiger partial charge in [-0.1, -0.05) is 6.07 Å². The Labute approximate surface area is 88.9 Å². The molecule has 0 saturated heterocycles. The van der Waals surface area contributed by atoms with E-state index in [0.29, 0.717) is 12.1 Å². The lowest BCUT2D eigenvalue weighted by Crippen LogP contribution is -2.27. The van der Waals surface area contributed by atoms with Crippen LogP contribution in [0.25, 0.3) is 0 Å².